The second-order valence-corrected chi connectivity index (χ2v) is 5.80. The smallest absolute Gasteiger partial charge is 0.130 e. The first-order valence-electron chi connectivity index (χ1n) is 6.05. The van der Waals surface area contributed by atoms with Crippen LogP contribution in [0.25, 0.3) is 0 Å². The van der Waals surface area contributed by atoms with Crippen LogP contribution in [0.1, 0.15) is 39.5 Å². The molecule has 94 valence electrons. The van der Waals surface area contributed by atoms with Gasteiger partial charge >= 0.3 is 8.69 Å². The summed E-state index contributed by atoms with van der Waals surface area (Å²) in [5.41, 5.74) is 0. The van der Waals surface area contributed by atoms with Crippen LogP contribution in [0.4, 0.5) is 0 Å². The third-order valence-electron chi connectivity index (χ3n) is 2.54. The van der Waals surface area contributed by atoms with Crippen LogP contribution in [0, 0.1) is 0 Å². The molecular formula is C13H20O2PS+. The fourth-order valence-electron chi connectivity index (χ4n) is 1.89. The summed E-state index contributed by atoms with van der Waals surface area (Å²) in [4.78, 5) is 0.845. The van der Waals surface area contributed by atoms with Gasteiger partial charge in [0.15, 0.2) is 4.93 Å². The van der Waals surface area contributed by atoms with Gasteiger partial charge in [-0.2, -0.15) is 0 Å². The van der Waals surface area contributed by atoms with Gasteiger partial charge in [0.05, 0.1) is 0 Å². The van der Waals surface area contributed by atoms with Crippen molar-refractivity contribution in [3.05, 3.63) is 30.3 Å². The number of rotatable bonds is 8. The number of hydrogen-bond acceptors (Lipinski definition) is 3. The maximum atomic E-state index is 10.9. The predicted octanol–water partition coefficient (Wildman–Crippen LogP) is 5.03. The van der Waals surface area contributed by atoms with E-state index in [9.17, 15) is 4.57 Å². The van der Waals surface area contributed by atoms with Gasteiger partial charge in [-0.25, -0.2) is 0 Å². The highest BCUT2D eigenvalue weighted by atomic mass is 32.2. The Balaban J connectivity index is 2.83. The third kappa shape index (κ3) is 4.79. The molecule has 2 nitrogen and oxygen atoms in total. The molecule has 1 aromatic rings. The van der Waals surface area contributed by atoms with Gasteiger partial charge in [-0.1, -0.05) is 56.7 Å². The molecule has 4 heteroatoms. The van der Waals surface area contributed by atoms with Crippen molar-refractivity contribution in [1.29, 1.82) is 0 Å². The van der Waals surface area contributed by atoms with E-state index >= 15 is 0 Å². The molecule has 0 aliphatic heterocycles. The first-order valence-corrected chi connectivity index (χ1v) is 7.69. The molecule has 17 heavy (non-hydrogen) atoms. The Kier molecular flexibility index (Phi) is 6.79. The van der Waals surface area contributed by atoms with E-state index in [-0.39, 0.29) is 4.93 Å². The molecule has 1 aromatic carbocycles. The van der Waals surface area contributed by atoms with Gasteiger partial charge in [-0.05, 0) is 29.5 Å². The van der Waals surface area contributed by atoms with Crippen molar-refractivity contribution in [2.24, 2.45) is 0 Å². The molecular weight excluding hydrogens is 251 g/mol. The minimum absolute atomic E-state index is 0.328. The lowest BCUT2D eigenvalue weighted by atomic mass is 10.1. The predicted molar refractivity (Wildman–Crippen MR) is 74.9 cm³/mol. The Morgan fingerprint density at radius 1 is 1.18 bits per heavy atom. The summed E-state index contributed by atoms with van der Waals surface area (Å²) in [5, 5.41) is 0. The van der Waals surface area contributed by atoms with E-state index in [4.69, 9.17) is 4.52 Å². The van der Waals surface area contributed by atoms with Gasteiger partial charge in [0.25, 0.3) is 0 Å². The van der Waals surface area contributed by atoms with Gasteiger partial charge in [0, 0.05) is 4.90 Å². The SMILES string of the molecule is CCCC(CCC)(O[PH+]=O)Sc1ccccc1. The maximum absolute atomic E-state index is 10.9. The zero-order valence-electron chi connectivity index (χ0n) is 10.4. The summed E-state index contributed by atoms with van der Waals surface area (Å²) in [7, 11) is -0.690. The molecule has 0 amide bonds. The highest BCUT2D eigenvalue weighted by molar-refractivity contribution is 8.00. The van der Waals surface area contributed by atoms with Crippen molar-refractivity contribution in [3.63, 3.8) is 0 Å². The van der Waals surface area contributed by atoms with Crippen molar-refractivity contribution in [1.82, 2.24) is 0 Å². The van der Waals surface area contributed by atoms with Crippen LogP contribution in [0.3, 0.4) is 0 Å². The van der Waals surface area contributed by atoms with Crippen LogP contribution in [-0.4, -0.2) is 4.93 Å². The fraction of sp³-hybridized carbons (Fsp3) is 0.538. The Morgan fingerprint density at radius 3 is 2.24 bits per heavy atom. The summed E-state index contributed by atoms with van der Waals surface area (Å²) in [5.74, 6) is 0. The molecule has 0 radical (unpaired) electrons. The Morgan fingerprint density at radius 2 is 1.76 bits per heavy atom. The number of benzene rings is 1. The minimum atomic E-state index is -0.690. The minimum Gasteiger partial charge on any atom is -0.130 e. The average molecular weight is 271 g/mol. The van der Waals surface area contributed by atoms with E-state index in [0.717, 1.165) is 25.7 Å². The zero-order valence-corrected chi connectivity index (χ0v) is 12.3. The molecule has 0 saturated heterocycles. The average Bonchev–Trinajstić information content (AvgIpc) is 2.31. The topological polar surface area (TPSA) is 26.3 Å². The van der Waals surface area contributed by atoms with Crippen molar-refractivity contribution in [2.75, 3.05) is 0 Å². The second kappa shape index (κ2) is 7.86. The molecule has 0 aliphatic rings. The van der Waals surface area contributed by atoms with Crippen molar-refractivity contribution >= 4 is 20.4 Å². The Labute approximate surface area is 109 Å². The van der Waals surface area contributed by atoms with Crippen molar-refractivity contribution in [2.45, 2.75) is 49.4 Å². The molecule has 0 aliphatic carbocycles. The zero-order chi connectivity index (χ0) is 12.6. The van der Waals surface area contributed by atoms with Crippen molar-refractivity contribution in [3.8, 4) is 0 Å². The van der Waals surface area contributed by atoms with E-state index in [1.54, 1.807) is 11.8 Å². The van der Waals surface area contributed by atoms with E-state index in [1.165, 1.54) is 4.90 Å². The normalized spacial score (nSPS) is 11.9. The fourth-order valence-corrected chi connectivity index (χ4v) is 3.85. The van der Waals surface area contributed by atoms with Crippen LogP contribution in [0.2, 0.25) is 0 Å². The summed E-state index contributed by atoms with van der Waals surface area (Å²) in [6, 6.07) is 10.2. The second-order valence-electron chi connectivity index (χ2n) is 4.01. The Bertz CT molecular complexity index is 323. The summed E-state index contributed by atoms with van der Waals surface area (Å²) in [6.45, 7) is 4.26. The first kappa shape index (κ1) is 14.7. The van der Waals surface area contributed by atoms with E-state index in [0.29, 0.717) is 0 Å². The first-order chi connectivity index (χ1) is 8.26. The maximum Gasteiger partial charge on any atom is 0.495 e. The lowest BCUT2D eigenvalue weighted by Gasteiger charge is -2.26. The van der Waals surface area contributed by atoms with Gasteiger partial charge in [0.1, 0.15) is 0 Å². The molecule has 1 atom stereocenters. The number of thioether (sulfide) groups is 1. The lowest BCUT2D eigenvalue weighted by Crippen LogP contribution is -2.24. The molecule has 1 rings (SSSR count). The molecule has 0 spiro atoms. The molecule has 0 fully saturated rings. The molecule has 0 N–H and O–H groups in total. The highest BCUT2D eigenvalue weighted by Crippen LogP contribution is 2.43. The molecule has 0 heterocycles. The summed E-state index contributed by atoms with van der Waals surface area (Å²) in [6.07, 6.45) is 3.92. The quantitative estimate of drug-likeness (QED) is 0.377. The van der Waals surface area contributed by atoms with Crippen LogP contribution < -0.4 is 0 Å². The monoisotopic (exact) mass is 271 g/mol. The van der Waals surface area contributed by atoms with Crippen molar-refractivity contribution < 1.29 is 9.09 Å². The van der Waals surface area contributed by atoms with Gasteiger partial charge in [0.2, 0.25) is 0 Å². The lowest BCUT2D eigenvalue weighted by molar-refractivity contribution is 0.161. The van der Waals surface area contributed by atoms with Gasteiger partial charge < -0.3 is 0 Å². The molecule has 0 saturated carbocycles. The largest absolute Gasteiger partial charge is 0.495 e. The van der Waals surface area contributed by atoms with Crippen LogP contribution >= 0.6 is 20.4 Å². The summed E-state index contributed by atoms with van der Waals surface area (Å²) < 4.78 is 16.4. The van der Waals surface area contributed by atoms with Crippen LogP contribution in [-0.2, 0) is 9.09 Å². The van der Waals surface area contributed by atoms with Gasteiger partial charge in [-0.15, -0.1) is 4.52 Å². The van der Waals surface area contributed by atoms with E-state index in [1.807, 2.05) is 18.2 Å². The van der Waals surface area contributed by atoms with Gasteiger partial charge in [-0.3, -0.25) is 0 Å². The highest BCUT2D eigenvalue weighted by Gasteiger charge is 2.35. The third-order valence-corrected chi connectivity index (χ3v) is 4.53. The van der Waals surface area contributed by atoms with E-state index in [2.05, 4.69) is 26.0 Å². The molecule has 0 aromatic heterocycles. The summed E-state index contributed by atoms with van der Waals surface area (Å²) >= 11 is 1.69. The van der Waals surface area contributed by atoms with Crippen LogP contribution in [0.5, 0.6) is 0 Å². The van der Waals surface area contributed by atoms with E-state index < -0.39 is 8.69 Å². The number of hydrogen-bond donors (Lipinski definition) is 0. The standard InChI is InChI=1S/C13H20O2PS/c1-3-10-13(11-4-2,15-16-14)17-12-8-6-5-7-9-12/h5-9,16H,3-4,10-11H2,1-2H3/q+1. The molecule has 0 bridgehead atoms. The Hall–Kier alpha value is -0.370. The molecule has 1 unspecified atom stereocenters. The van der Waals surface area contributed by atoms with Crippen LogP contribution in [0.15, 0.2) is 35.2 Å².